The molecule has 3 heterocycles. The van der Waals surface area contributed by atoms with Crippen molar-refractivity contribution in [2.24, 2.45) is 41.4 Å². The van der Waals surface area contributed by atoms with E-state index in [0.29, 0.717) is 0 Å². The Morgan fingerprint density at radius 2 is 0.989 bits per heavy atom. The van der Waals surface area contributed by atoms with Gasteiger partial charge in [-0.2, -0.15) is 0 Å². The summed E-state index contributed by atoms with van der Waals surface area (Å²) in [5, 5.41) is 23.2. The van der Waals surface area contributed by atoms with E-state index >= 15 is 14.4 Å². The molecule has 3 aliphatic heterocycles. The summed E-state index contributed by atoms with van der Waals surface area (Å²) >= 11 is 0. The fraction of sp³-hybridized carbons (Fsp3) is 0.781. The van der Waals surface area contributed by atoms with Crippen molar-refractivity contribution in [2.75, 3.05) is 75.7 Å². The lowest BCUT2D eigenvalue weighted by Crippen LogP contribution is -2.63. The van der Waals surface area contributed by atoms with Crippen molar-refractivity contribution in [2.45, 2.75) is 209 Å². The minimum Gasteiger partial charge on any atom is -0.460 e. The molecule has 90 heavy (non-hydrogen) atoms. The van der Waals surface area contributed by atoms with E-state index in [2.05, 4.69) is 21.3 Å². The third-order valence-electron chi connectivity index (χ3n) is 16.7. The average Bonchev–Trinajstić information content (AvgIpc) is 0.884. The number of ether oxygens (including phenoxy) is 2. The number of nitrogens with zero attached hydrogens (tertiary/aromatic N) is 7. The highest BCUT2D eigenvalue weighted by molar-refractivity contribution is 5.99. The Morgan fingerprint density at radius 1 is 0.511 bits per heavy atom. The summed E-state index contributed by atoms with van der Waals surface area (Å²) in [5.74, 6) is -11.9. The van der Waals surface area contributed by atoms with Gasteiger partial charge < -0.3 is 70.1 Å². The summed E-state index contributed by atoms with van der Waals surface area (Å²) in [6.07, 6.45) is 1.84. The summed E-state index contributed by atoms with van der Waals surface area (Å²) in [5.41, 5.74) is 0. The van der Waals surface area contributed by atoms with Crippen LogP contribution in [0.25, 0.3) is 0 Å². The molecule has 1 saturated heterocycles. The number of allylic oxidation sites excluding steroid dienone is 1. The van der Waals surface area contributed by atoms with Gasteiger partial charge >= 0.3 is 5.97 Å². The Balaban J connectivity index is 3.18. The van der Waals surface area contributed by atoms with Crippen molar-refractivity contribution in [3.05, 3.63) is 12.2 Å². The zero-order chi connectivity index (χ0) is 69.1. The number of nitrogens with one attached hydrogen (secondary N) is 4. The zero-order valence-electron chi connectivity index (χ0n) is 57.9. The highest BCUT2D eigenvalue weighted by atomic mass is 16.6. The first-order valence-electron chi connectivity index (χ1n) is 31.9. The molecule has 26 heteroatoms. The van der Waals surface area contributed by atoms with Gasteiger partial charge in [-0.25, -0.2) is 4.79 Å². The molecule has 0 radical (unpaired) electrons. The molecule has 3 rings (SSSR count). The molecule has 3 aliphatic rings. The van der Waals surface area contributed by atoms with Crippen LogP contribution in [0.3, 0.4) is 0 Å². The van der Waals surface area contributed by atoms with Crippen LogP contribution >= 0.6 is 0 Å². The van der Waals surface area contributed by atoms with Crippen molar-refractivity contribution in [3.63, 3.8) is 0 Å². The predicted molar refractivity (Wildman–Crippen MR) is 339 cm³/mol. The topological polar surface area (TPSA) is 314 Å². The molecule has 5 N–H and O–H groups in total. The van der Waals surface area contributed by atoms with Gasteiger partial charge in [-0.1, -0.05) is 109 Å². The maximum Gasteiger partial charge on any atom is 0.332 e. The monoisotopic (exact) mass is 1270 g/mol. The number of likely N-dealkylation sites (N-methyl/N-ethyl adjacent to an activating group) is 7. The van der Waals surface area contributed by atoms with Gasteiger partial charge in [-0.15, -0.1) is 0 Å². The molecule has 512 valence electrons. The lowest BCUT2D eigenvalue weighted by molar-refractivity contribution is -0.158. The van der Waals surface area contributed by atoms with Gasteiger partial charge in [-0.3, -0.25) is 52.7 Å². The number of amides is 11. The normalized spacial score (nSPS) is 28.7. The molecule has 0 saturated carbocycles. The molecule has 0 unspecified atom stereocenters. The Labute approximate surface area is 535 Å². The molecule has 0 aromatic carbocycles. The SMILES string of the molecule is CC[C@@H]1NC(=O)[C@@H]2[C@H](O)[C@H](C)C/C=C/COC(=O)COC[C@@H](NC(=O)[C@H](C)NC(=O)[C@H](CC(C)C)N(C)C(=O)[C@H](C(C)C)NC(=O)[C@H](CC(C)C)N(C)C(=O)CN(C)C1=O)C(=O)N(C)[C@@H](CC(C)C)C(=O)N(C)[C@@H](CC(C)C)C(=O)N(C)[C@@H](C(C)C)C(=O)N2C. The van der Waals surface area contributed by atoms with E-state index in [4.69, 9.17) is 9.47 Å². The minimum absolute atomic E-state index is 0.0233. The van der Waals surface area contributed by atoms with Crippen LogP contribution in [0.15, 0.2) is 12.2 Å². The van der Waals surface area contributed by atoms with E-state index in [9.17, 15) is 48.3 Å². The molecule has 0 spiro atoms. The van der Waals surface area contributed by atoms with Crippen LogP contribution < -0.4 is 21.3 Å². The summed E-state index contributed by atoms with van der Waals surface area (Å²) in [4.78, 5) is 184. The zero-order valence-corrected chi connectivity index (χ0v) is 57.9. The molecule has 26 nitrogen and oxygen atoms in total. The molecule has 0 aliphatic carbocycles. The third-order valence-corrected chi connectivity index (χ3v) is 16.7. The predicted octanol–water partition coefficient (Wildman–Crippen LogP) is 1.80. The van der Waals surface area contributed by atoms with E-state index < -0.39 is 175 Å². The first kappa shape index (κ1) is 79.4. The third kappa shape index (κ3) is 22.3. The van der Waals surface area contributed by atoms with Gasteiger partial charge in [0.05, 0.1) is 19.3 Å². The highest BCUT2D eigenvalue weighted by Crippen LogP contribution is 2.26. The number of aliphatic hydroxyl groups is 1. The van der Waals surface area contributed by atoms with Gasteiger partial charge in [0.2, 0.25) is 65.0 Å². The molecule has 2 bridgehead atoms. The van der Waals surface area contributed by atoms with Crippen molar-refractivity contribution >= 4 is 70.9 Å². The van der Waals surface area contributed by atoms with Crippen LogP contribution in [-0.4, -0.2) is 253 Å². The fourth-order valence-electron chi connectivity index (χ4n) is 11.2. The van der Waals surface area contributed by atoms with Crippen molar-refractivity contribution in [3.8, 4) is 0 Å². The number of rotatable bonds is 11. The summed E-state index contributed by atoms with van der Waals surface area (Å²) in [7, 11) is 9.64. The molecule has 0 aromatic rings. The van der Waals surface area contributed by atoms with Gasteiger partial charge in [0.15, 0.2) is 0 Å². The smallest absolute Gasteiger partial charge is 0.332 e. The van der Waals surface area contributed by atoms with Gasteiger partial charge in [0.1, 0.15) is 73.6 Å². The second-order valence-corrected chi connectivity index (χ2v) is 27.0. The van der Waals surface area contributed by atoms with Crippen LogP contribution in [0.1, 0.15) is 142 Å². The second kappa shape index (κ2) is 36.4. The van der Waals surface area contributed by atoms with Gasteiger partial charge in [0, 0.05) is 49.3 Å². The molecule has 1 fully saturated rings. The minimum atomic E-state index is -1.71. The number of hydrogen-bond acceptors (Lipinski definition) is 15. The molecule has 11 amide bonds. The number of carbonyl (C=O) groups is 12. The van der Waals surface area contributed by atoms with Crippen molar-refractivity contribution in [1.82, 2.24) is 55.6 Å². The Kier molecular flexibility index (Phi) is 32.1. The maximum absolute atomic E-state index is 15.3. The fourth-order valence-corrected chi connectivity index (χ4v) is 11.2. The summed E-state index contributed by atoms with van der Waals surface area (Å²) < 4.78 is 11.1. The highest BCUT2D eigenvalue weighted by Gasteiger charge is 2.46. The van der Waals surface area contributed by atoms with E-state index in [1.807, 2.05) is 55.4 Å². The van der Waals surface area contributed by atoms with Crippen molar-refractivity contribution < 1.29 is 72.1 Å². The number of carbonyl (C=O) groups excluding carboxylic acids is 12. The van der Waals surface area contributed by atoms with E-state index in [-0.39, 0.29) is 68.8 Å². The Bertz CT molecular complexity index is 2520. The quantitative estimate of drug-likeness (QED) is 0.112. The van der Waals surface area contributed by atoms with Crippen LogP contribution in [0.2, 0.25) is 0 Å². The number of fused-ring (bicyclic) bond motifs is 38. The Morgan fingerprint density at radius 3 is 1.49 bits per heavy atom. The van der Waals surface area contributed by atoms with E-state index in [0.717, 1.165) is 14.7 Å². The standard InChI is InChI=1S/C64H111N11O15/c1-23-43-59(83)69(16)32-49(76)70(17)45(28-35(2)3)57(81)68-51(39(10)11)63(87)71(18)46(29-36(4)5)56(80)65-42(15)55(79)67-44-33-89-34-50(77)90-27-25-24-26-41(14)54(78)53(58(82)66-43)75(22)64(88)52(40(12)13)74(21)62(86)48(31-38(8)9)73(20)61(85)47(30-37(6)7)72(19)60(44)84/h24-25,35-48,51-54,78H,23,26-34H2,1-22H3,(H,65,80)(H,66,82)(H,67,79)(H,68,81)/b25-24+/t41-,42+,43+,44-,45+,46+,47+,48+,51+,52+,53+,54-/m1/s1. The summed E-state index contributed by atoms with van der Waals surface area (Å²) in [6.45, 7) is 23.9. The van der Waals surface area contributed by atoms with Gasteiger partial charge in [-0.05, 0) is 86.9 Å². The first-order valence-corrected chi connectivity index (χ1v) is 31.9. The largest absolute Gasteiger partial charge is 0.460 e. The lowest BCUT2D eigenvalue weighted by Gasteiger charge is -2.41. The van der Waals surface area contributed by atoms with Gasteiger partial charge in [0.25, 0.3) is 0 Å². The first-order chi connectivity index (χ1) is 41.7. The Hall–Kier alpha value is -6.70. The summed E-state index contributed by atoms with van der Waals surface area (Å²) in [6, 6.07) is -13.5. The van der Waals surface area contributed by atoms with Crippen LogP contribution in [0.5, 0.6) is 0 Å². The van der Waals surface area contributed by atoms with E-state index in [1.54, 1.807) is 47.6 Å². The molecular weight excluding hydrogens is 1160 g/mol. The second-order valence-electron chi connectivity index (χ2n) is 27.0. The number of aliphatic hydroxyl groups excluding tert-OH is 1. The lowest BCUT2D eigenvalue weighted by atomic mass is 9.91. The average molecular weight is 1270 g/mol. The molecule has 0 aromatic heterocycles. The van der Waals surface area contributed by atoms with Crippen LogP contribution in [0, 0.1) is 41.4 Å². The van der Waals surface area contributed by atoms with Crippen LogP contribution in [0.4, 0.5) is 0 Å². The number of hydrogen-bond donors (Lipinski definition) is 5. The molecular formula is C64H111N11O15. The van der Waals surface area contributed by atoms with Crippen molar-refractivity contribution in [1.29, 1.82) is 0 Å². The molecule has 12 atom stereocenters. The maximum atomic E-state index is 15.3. The number of esters is 1. The van der Waals surface area contributed by atoms with Crippen LogP contribution in [-0.2, 0) is 67.0 Å². The van der Waals surface area contributed by atoms with E-state index in [1.165, 1.54) is 81.9 Å².